The molecule has 1 aromatic heterocycles. The maximum atomic E-state index is 13.9. The molecule has 3 aromatic rings. The van der Waals surface area contributed by atoms with Crippen LogP contribution in [0.1, 0.15) is 26.3 Å². The molecule has 0 bridgehead atoms. The van der Waals surface area contributed by atoms with E-state index in [1.807, 2.05) is 0 Å². The number of carbonyl (C=O) groups excluding carboxylic acids is 2. The fourth-order valence-electron chi connectivity index (χ4n) is 4.90. The second kappa shape index (κ2) is 12.3. The first-order chi connectivity index (χ1) is 20.2. The largest absolute Gasteiger partial charge is 0.378 e. The van der Waals surface area contributed by atoms with Crippen molar-refractivity contribution in [3.8, 4) is 0 Å². The highest BCUT2D eigenvalue weighted by Crippen LogP contribution is 2.33. The molecule has 5 rings (SSSR count). The van der Waals surface area contributed by atoms with Gasteiger partial charge in [0.15, 0.2) is 0 Å². The Hall–Kier alpha value is -4.95. The Morgan fingerprint density at radius 2 is 1.21 bits per heavy atom. The summed E-state index contributed by atoms with van der Waals surface area (Å²) < 4.78 is 10.7. The van der Waals surface area contributed by atoms with Crippen LogP contribution in [0.3, 0.4) is 0 Å². The second-order valence-corrected chi connectivity index (χ2v) is 9.76. The molecular weight excluding hydrogens is 548 g/mol. The van der Waals surface area contributed by atoms with Gasteiger partial charge in [-0.25, -0.2) is 9.88 Å². The van der Waals surface area contributed by atoms with Gasteiger partial charge in [-0.2, -0.15) is 0 Å². The molecule has 14 nitrogen and oxygen atoms in total. The zero-order valence-electron chi connectivity index (χ0n) is 22.8. The van der Waals surface area contributed by atoms with Gasteiger partial charge in [0.25, 0.3) is 23.2 Å². The molecule has 0 saturated carbocycles. The average molecular weight is 577 g/mol. The Labute approximate surface area is 240 Å². The fourth-order valence-corrected chi connectivity index (χ4v) is 4.90. The lowest BCUT2D eigenvalue weighted by Gasteiger charge is -2.29. The number of hydrogen-bond acceptors (Lipinski definition) is 11. The van der Waals surface area contributed by atoms with E-state index < -0.39 is 21.7 Å². The number of nitro benzene ring substituents is 2. The average Bonchev–Trinajstić information content (AvgIpc) is 3.02. The summed E-state index contributed by atoms with van der Waals surface area (Å²) in [6, 6.07) is 11.2. The van der Waals surface area contributed by atoms with Gasteiger partial charge < -0.3 is 19.3 Å². The van der Waals surface area contributed by atoms with Gasteiger partial charge in [0, 0.05) is 55.6 Å². The Morgan fingerprint density at radius 1 is 0.762 bits per heavy atom. The van der Waals surface area contributed by atoms with E-state index in [4.69, 9.17) is 9.47 Å². The third kappa shape index (κ3) is 5.89. The summed E-state index contributed by atoms with van der Waals surface area (Å²) in [6.45, 7) is 5.23. The SMILES string of the molecule is Cc1ccc(N(C(=O)c2ccc(N3CCOCC3)c([N+](=O)[O-])c2)C(=O)c2ccc(N3CCOCC3)c([N+](=O)[O-])c2)nc1. The lowest BCUT2D eigenvalue weighted by Crippen LogP contribution is -2.39. The number of nitro groups is 2. The number of ether oxygens (including phenoxy) is 2. The third-order valence-corrected chi connectivity index (χ3v) is 7.07. The van der Waals surface area contributed by atoms with Gasteiger partial charge >= 0.3 is 0 Å². The first-order valence-corrected chi connectivity index (χ1v) is 13.3. The number of imide groups is 1. The van der Waals surface area contributed by atoms with Gasteiger partial charge in [0.05, 0.1) is 36.3 Å². The van der Waals surface area contributed by atoms with Crippen molar-refractivity contribution in [2.45, 2.75) is 6.92 Å². The number of aryl methyl sites for hydroxylation is 1. The Morgan fingerprint density at radius 3 is 1.60 bits per heavy atom. The molecule has 3 heterocycles. The molecule has 0 aliphatic carbocycles. The molecular formula is C28H28N6O8. The summed E-state index contributed by atoms with van der Waals surface area (Å²) >= 11 is 0. The van der Waals surface area contributed by atoms with E-state index >= 15 is 0 Å². The Kier molecular flexibility index (Phi) is 8.36. The number of hydrogen-bond donors (Lipinski definition) is 0. The zero-order chi connectivity index (χ0) is 29.8. The smallest absolute Gasteiger partial charge is 0.293 e. The normalized spacial score (nSPS) is 15.3. The number of nitrogens with zero attached hydrogens (tertiary/aromatic N) is 6. The van der Waals surface area contributed by atoms with Crippen molar-refractivity contribution in [3.63, 3.8) is 0 Å². The van der Waals surface area contributed by atoms with E-state index in [0.717, 1.165) is 22.6 Å². The molecule has 0 radical (unpaired) electrons. The fraction of sp³-hybridized carbons (Fsp3) is 0.321. The number of morpholine rings is 2. The second-order valence-electron chi connectivity index (χ2n) is 9.76. The van der Waals surface area contributed by atoms with Crippen LogP contribution in [0.5, 0.6) is 0 Å². The topological polar surface area (TPSA) is 161 Å². The summed E-state index contributed by atoms with van der Waals surface area (Å²) in [6.07, 6.45) is 1.47. The maximum absolute atomic E-state index is 13.9. The molecule has 2 aliphatic rings. The molecule has 218 valence electrons. The van der Waals surface area contributed by atoms with Crippen LogP contribution in [0.25, 0.3) is 0 Å². The standard InChI is InChI=1S/C28H28N6O8/c1-19-2-7-26(29-18-19)32(27(35)20-3-5-22(24(16-20)33(37)38)30-8-12-41-13-9-30)28(36)21-4-6-23(25(17-21)34(39)40)31-10-14-42-15-11-31/h2-7,16-18H,8-15H2,1H3. The molecule has 2 amide bonds. The summed E-state index contributed by atoms with van der Waals surface area (Å²) in [5.41, 5.74) is 0.619. The molecule has 2 aromatic carbocycles. The van der Waals surface area contributed by atoms with Crippen LogP contribution in [0.15, 0.2) is 54.7 Å². The molecule has 0 atom stereocenters. The summed E-state index contributed by atoms with van der Waals surface area (Å²) in [7, 11) is 0. The summed E-state index contributed by atoms with van der Waals surface area (Å²) in [5, 5.41) is 24.0. The van der Waals surface area contributed by atoms with Crippen molar-refractivity contribution in [1.82, 2.24) is 4.98 Å². The lowest BCUT2D eigenvalue weighted by atomic mass is 10.1. The lowest BCUT2D eigenvalue weighted by molar-refractivity contribution is -0.384. The van der Waals surface area contributed by atoms with Crippen molar-refractivity contribution in [3.05, 3.63) is 91.6 Å². The highest BCUT2D eigenvalue weighted by Gasteiger charge is 2.32. The number of pyridine rings is 1. The van der Waals surface area contributed by atoms with Gasteiger partial charge in [-0.05, 0) is 42.8 Å². The predicted octanol–water partition coefficient (Wildman–Crippen LogP) is 3.37. The molecule has 0 spiro atoms. The van der Waals surface area contributed by atoms with Crippen molar-refractivity contribution in [1.29, 1.82) is 0 Å². The van der Waals surface area contributed by atoms with E-state index in [9.17, 15) is 29.8 Å². The molecule has 2 aliphatic heterocycles. The van der Waals surface area contributed by atoms with Crippen molar-refractivity contribution >= 4 is 40.4 Å². The van der Waals surface area contributed by atoms with Gasteiger partial charge in [0.1, 0.15) is 17.2 Å². The highest BCUT2D eigenvalue weighted by molar-refractivity contribution is 6.25. The van der Waals surface area contributed by atoms with E-state index in [0.29, 0.717) is 64.0 Å². The quantitative estimate of drug-likeness (QED) is 0.230. The minimum absolute atomic E-state index is 0.0320. The molecule has 0 N–H and O–H groups in total. The molecule has 2 saturated heterocycles. The van der Waals surface area contributed by atoms with Crippen molar-refractivity contribution < 1.29 is 28.9 Å². The maximum Gasteiger partial charge on any atom is 0.293 e. The molecule has 42 heavy (non-hydrogen) atoms. The minimum Gasteiger partial charge on any atom is -0.378 e. The van der Waals surface area contributed by atoms with Gasteiger partial charge in [0.2, 0.25) is 0 Å². The van der Waals surface area contributed by atoms with Gasteiger partial charge in [-0.3, -0.25) is 29.8 Å². The zero-order valence-corrected chi connectivity index (χ0v) is 22.8. The van der Waals surface area contributed by atoms with E-state index in [-0.39, 0.29) is 28.3 Å². The molecule has 0 unspecified atom stereocenters. The van der Waals surface area contributed by atoms with E-state index in [1.165, 1.54) is 36.5 Å². The first kappa shape index (κ1) is 28.6. The van der Waals surface area contributed by atoms with Gasteiger partial charge in [-0.15, -0.1) is 0 Å². The summed E-state index contributed by atoms with van der Waals surface area (Å²) in [4.78, 5) is 59.3. The number of aromatic nitrogens is 1. The van der Waals surface area contributed by atoms with Crippen molar-refractivity contribution in [2.24, 2.45) is 0 Å². The van der Waals surface area contributed by atoms with Crippen LogP contribution in [0, 0.1) is 27.2 Å². The number of amides is 2. The van der Waals surface area contributed by atoms with Crippen LogP contribution in [-0.2, 0) is 9.47 Å². The van der Waals surface area contributed by atoms with Crippen LogP contribution in [-0.4, -0.2) is 79.3 Å². The monoisotopic (exact) mass is 576 g/mol. The number of anilines is 3. The number of carbonyl (C=O) groups is 2. The van der Waals surface area contributed by atoms with E-state index in [2.05, 4.69) is 4.98 Å². The van der Waals surface area contributed by atoms with Crippen LogP contribution in [0.2, 0.25) is 0 Å². The number of rotatable bonds is 7. The van der Waals surface area contributed by atoms with E-state index in [1.54, 1.807) is 22.8 Å². The van der Waals surface area contributed by atoms with Gasteiger partial charge in [-0.1, -0.05) is 6.07 Å². The first-order valence-electron chi connectivity index (χ1n) is 13.3. The molecule has 14 heteroatoms. The van der Waals surface area contributed by atoms with Crippen LogP contribution < -0.4 is 14.7 Å². The predicted molar refractivity (Wildman–Crippen MR) is 152 cm³/mol. The van der Waals surface area contributed by atoms with Crippen LogP contribution in [0.4, 0.5) is 28.6 Å². The minimum atomic E-state index is -0.868. The molecule has 2 fully saturated rings. The summed E-state index contributed by atoms with van der Waals surface area (Å²) in [5.74, 6) is -1.77. The highest BCUT2D eigenvalue weighted by atomic mass is 16.6. The Bertz CT molecular complexity index is 1430. The number of benzene rings is 2. The van der Waals surface area contributed by atoms with Crippen molar-refractivity contribution in [2.75, 3.05) is 67.3 Å². The Balaban J connectivity index is 1.54. The van der Waals surface area contributed by atoms with Crippen LogP contribution >= 0.6 is 0 Å². The third-order valence-electron chi connectivity index (χ3n) is 7.07.